The fourth-order valence-corrected chi connectivity index (χ4v) is 6.63. The summed E-state index contributed by atoms with van der Waals surface area (Å²) < 4.78 is 31.7. The summed E-state index contributed by atoms with van der Waals surface area (Å²) in [5.74, 6) is -0.349. The standard InChI is InChI=1S/C23H31N7O4S/c1-16-20(35(33,34)29-9-10-30-18(13-29)6-8-26-30)11-19(27(16)3)22(31)25-12-17-5-4-7-24-21(17)28-14-23(2,32)15-28/h4-8,11,21,24,32H,9-10,12-15H2,1-3H3,(H,25,31). The number of nitrogens with one attached hydrogen (secondary N) is 2. The molecule has 1 atom stereocenters. The molecule has 2 aromatic heterocycles. The van der Waals surface area contributed by atoms with Crippen molar-refractivity contribution in [2.24, 2.45) is 7.05 Å². The number of aliphatic hydroxyl groups is 1. The third kappa shape index (κ3) is 4.31. The lowest BCUT2D eigenvalue weighted by Gasteiger charge is -2.49. The maximum absolute atomic E-state index is 13.4. The molecule has 35 heavy (non-hydrogen) atoms. The van der Waals surface area contributed by atoms with Crippen molar-refractivity contribution >= 4 is 15.9 Å². The van der Waals surface area contributed by atoms with E-state index < -0.39 is 15.6 Å². The molecule has 3 N–H and O–H groups in total. The zero-order valence-electron chi connectivity index (χ0n) is 20.1. The minimum atomic E-state index is -3.78. The van der Waals surface area contributed by atoms with Crippen LogP contribution in [-0.4, -0.2) is 80.9 Å². The van der Waals surface area contributed by atoms with Gasteiger partial charge in [0, 0.05) is 45.1 Å². The molecular formula is C23H31N7O4S. The van der Waals surface area contributed by atoms with Crippen molar-refractivity contribution in [2.75, 3.05) is 26.2 Å². The number of aromatic nitrogens is 3. The molecule has 0 saturated carbocycles. The minimum absolute atomic E-state index is 0.112. The van der Waals surface area contributed by atoms with Crippen molar-refractivity contribution in [1.82, 2.24) is 34.2 Å². The monoisotopic (exact) mass is 501 g/mol. The summed E-state index contributed by atoms with van der Waals surface area (Å²) in [7, 11) is -2.08. The van der Waals surface area contributed by atoms with Crippen molar-refractivity contribution in [2.45, 2.75) is 43.6 Å². The van der Waals surface area contributed by atoms with Crippen LogP contribution in [0.4, 0.5) is 0 Å². The number of carbonyl (C=O) groups excluding carboxylic acids is 1. The van der Waals surface area contributed by atoms with Crippen LogP contribution in [0.3, 0.4) is 0 Å². The predicted octanol–water partition coefficient (Wildman–Crippen LogP) is -0.0997. The Labute approximate surface area is 204 Å². The number of dihydropyridines is 1. The van der Waals surface area contributed by atoms with E-state index in [-0.39, 0.29) is 29.2 Å². The van der Waals surface area contributed by atoms with Gasteiger partial charge in [0.1, 0.15) is 16.8 Å². The second-order valence-corrected chi connectivity index (χ2v) is 11.6. The molecule has 3 aliphatic heterocycles. The highest BCUT2D eigenvalue weighted by molar-refractivity contribution is 7.89. The van der Waals surface area contributed by atoms with E-state index >= 15 is 0 Å². The number of β-amino-alcohol motifs (C(OH)–C–C–N with tert-alkyl or cyclic N) is 1. The highest BCUT2D eigenvalue weighted by Gasteiger charge is 2.41. The predicted molar refractivity (Wildman–Crippen MR) is 129 cm³/mol. The number of sulfonamides is 1. The van der Waals surface area contributed by atoms with Gasteiger partial charge in [-0.25, -0.2) is 8.42 Å². The number of likely N-dealkylation sites (tertiary alicyclic amines) is 1. The van der Waals surface area contributed by atoms with Gasteiger partial charge in [-0.2, -0.15) is 9.40 Å². The van der Waals surface area contributed by atoms with Gasteiger partial charge in [-0.05, 0) is 43.8 Å². The quantitative estimate of drug-likeness (QED) is 0.505. The Morgan fingerprint density at radius 2 is 2.11 bits per heavy atom. The van der Waals surface area contributed by atoms with E-state index in [2.05, 4.69) is 20.6 Å². The summed E-state index contributed by atoms with van der Waals surface area (Å²) in [6.45, 7) is 5.95. The largest absolute Gasteiger partial charge is 0.388 e. The maximum atomic E-state index is 13.4. The van der Waals surface area contributed by atoms with E-state index in [4.69, 9.17) is 0 Å². The van der Waals surface area contributed by atoms with Crippen LogP contribution in [0.2, 0.25) is 0 Å². The van der Waals surface area contributed by atoms with Gasteiger partial charge in [-0.1, -0.05) is 6.08 Å². The van der Waals surface area contributed by atoms with Gasteiger partial charge in [0.05, 0.1) is 24.4 Å². The van der Waals surface area contributed by atoms with Gasteiger partial charge >= 0.3 is 0 Å². The molecule has 1 fully saturated rings. The molecule has 188 valence electrons. The topological polar surface area (TPSA) is 125 Å². The second kappa shape index (κ2) is 8.63. The zero-order valence-corrected chi connectivity index (χ0v) is 20.9. The number of rotatable bonds is 6. The smallest absolute Gasteiger partial charge is 0.268 e. The molecule has 0 bridgehead atoms. The van der Waals surface area contributed by atoms with E-state index in [1.807, 2.05) is 24.4 Å². The lowest BCUT2D eigenvalue weighted by atomic mass is 9.94. The van der Waals surface area contributed by atoms with Crippen molar-refractivity contribution in [3.05, 3.63) is 59.3 Å². The molecule has 11 nitrogen and oxygen atoms in total. The van der Waals surface area contributed by atoms with E-state index in [1.54, 1.807) is 36.3 Å². The SMILES string of the molecule is Cc1c(S(=O)(=O)N2CCn3nccc3C2)cc(C(=O)NCC2=CC=CNC2N2CC(C)(O)C2)n1C. The van der Waals surface area contributed by atoms with E-state index in [9.17, 15) is 18.3 Å². The highest BCUT2D eigenvalue weighted by Crippen LogP contribution is 2.27. The van der Waals surface area contributed by atoms with Crippen LogP contribution in [-0.2, 0) is 30.2 Å². The lowest BCUT2D eigenvalue weighted by molar-refractivity contribution is -0.0995. The minimum Gasteiger partial charge on any atom is -0.388 e. The molecule has 1 amide bonds. The summed E-state index contributed by atoms with van der Waals surface area (Å²) in [4.78, 5) is 15.3. The van der Waals surface area contributed by atoms with Crippen LogP contribution < -0.4 is 10.6 Å². The number of hydrogen-bond acceptors (Lipinski definition) is 7. The van der Waals surface area contributed by atoms with Gasteiger partial charge in [0.2, 0.25) is 10.0 Å². The van der Waals surface area contributed by atoms with Crippen LogP contribution in [0, 0.1) is 6.92 Å². The Bertz CT molecular complexity index is 1310. The Morgan fingerprint density at radius 3 is 2.86 bits per heavy atom. The maximum Gasteiger partial charge on any atom is 0.268 e. The molecule has 1 unspecified atom stereocenters. The van der Waals surface area contributed by atoms with Crippen LogP contribution in [0.1, 0.15) is 28.8 Å². The van der Waals surface area contributed by atoms with Gasteiger partial charge in [0.25, 0.3) is 5.91 Å². The molecule has 5 heterocycles. The van der Waals surface area contributed by atoms with Crippen molar-refractivity contribution < 1.29 is 18.3 Å². The number of amides is 1. The first-order valence-corrected chi connectivity index (χ1v) is 13.0. The van der Waals surface area contributed by atoms with E-state index in [0.717, 1.165) is 11.3 Å². The molecular weight excluding hydrogens is 470 g/mol. The van der Waals surface area contributed by atoms with Crippen LogP contribution in [0.25, 0.3) is 0 Å². The normalized spacial score (nSPS) is 22.2. The van der Waals surface area contributed by atoms with Gasteiger partial charge in [-0.3, -0.25) is 14.4 Å². The molecule has 12 heteroatoms. The zero-order chi connectivity index (χ0) is 25.0. The average molecular weight is 502 g/mol. The summed E-state index contributed by atoms with van der Waals surface area (Å²) in [6.07, 6.45) is 7.22. The Hall–Kier alpha value is -2.93. The van der Waals surface area contributed by atoms with Crippen molar-refractivity contribution in [3.8, 4) is 0 Å². The number of nitrogens with zero attached hydrogens (tertiary/aromatic N) is 5. The van der Waals surface area contributed by atoms with Crippen molar-refractivity contribution in [3.63, 3.8) is 0 Å². The van der Waals surface area contributed by atoms with Crippen LogP contribution in [0.15, 0.2) is 47.2 Å². The molecule has 0 aromatic carbocycles. The van der Waals surface area contributed by atoms with E-state index in [1.165, 1.54) is 10.4 Å². The second-order valence-electron chi connectivity index (χ2n) is 9.68. The number of carbonyl (C=O) groups is 1. The first kappa shape index (κ1) is 23.8. The number of fused-ring (bicyclic) bond motifs is 1. The van der Waals surface area contributed by atoms with Crippen LogP contribution in [0.5, 0.6) is 0 Å². The molecule has 1 saturated heterocycles. The molecule has 0 aliphatic carbocycles. The van der Waals surface area contributed by atoms with Gasteiger partial charge in [-0.15, -0.1) is 0 Å². The third-order valence-corrected chi connectivity index (χ3v) is 8.92. The summed E-state index contributed by atoms with van der Waals surface area (Å²) >= 11 is 0. The Balaban J connectivity index is 1.30. The molecule has 3 aliphatic rings. The summed E-state index contributed by atoms with van der Waals surface area (Å²) in [6, 6.07) is 3.28. The fraction of sp³-hybridized carbons (Fsp3) is 0.478. The summed E-state index contributed by atoms with van der Waals surface area (Å²) in [5, 5.41) is 20.5. The highest BCUT2D eigenvalue weighted by atomic mass is 32.2. The van der Waals surface area contributed by atoms with Gasteiger partial charge < -0.3 is 20.3 Å². The average Bonchev–Trinajstić information content (AvgIpc) is 3.40. The van der Waals surface area contributed by atoms with E-state index in [0.29, 0.717) is 38.4 Å². The number of allylic oxidation sites excluding steroid dienone is 2. The lowest BCUT2D eigenvalue weighted by Crippen LogP contribution is -2.66. The molecule has 2 aromatic rings. The van der Waals surface area contributed by atoms with Crippen molar-refractivity contribution in [1.29, 1.82) is 0 Å². The molecule has 0 radical (unpaired) electrons. The summed E-state index contributed by atoms with van der Waals surface area (Å²) in [5.41, 5.74) is 1.89. The first-order valence-electron chi connectivity index (χ1n) is 11.6. The molecule has 0 spiro atoms. The number of hydrogen-bond donors (Lipinski definition) is 3. The Kier molecular flexibility index (Phi) is 5.86. The van der Waals surface area contributed by atoms with Crippen LogP contribution >= 0.6 is 0 Å². The fourth-order valence-electron chi connectivity index (χ4n) is 4.95. The Morgan fingerprint density at radius 1 is 1.34 bits per heavy atom. The first-order chi connectivity index (χ1) is 16.6. The third-order valence-electron chi connectivity index (χ3n) is 6.96. The molecule has 5 rings (SSSR count). The van der Waals surface area contributed by atoms with Gasteiger partial charge in [0.15, 0.2) is 0 Å².